The summed E-state index contributed by atoms with van der Waals surface area (Å²) in [6.45, 7) is 5.29. The Hall–Kier alpha value is -3.77. The van der Waals surface area contributed by atoms with Crippen molar-refractivity contribution in [2.45, 2.75) is 37.9 Å². The first-order valence-electron chi connectivity index (χ1n) is 11.4. The Morgan fingerprint density at radius 1 is 1.05 bits per heavy atom. The first-order chi connectivity index (χ1) is 17.7. The molecular formula is C25H27FN6O4S. The lowest BCUT2D eigenvalue weighted by molar-refractivity contribution is 0.0946. The van der Waals surface area contributed by atoms with Gasteiger partial charge in [-0.15, -0.1) is 10.2 Å². The first kappa shape index (κ1) is 26.3. The highest BCUT2D eigenvalue weighted by Crippen LogP contribution is 2.33. The number of nitrogens with zero attached hydrogens (tertiary/aromatic N) is 6. The van der Waals surface area contributed by atoms with Crippen molar-refractivity contribution < 1.29 is 22.3 Å². The number of rotatable bonds is 9. The minimum absolute atomic E-state index is 0.0635. The van der Waals surface area contributed by atoms with Gasteiger partial charge in [0.1, 0.15) is 17.6 Å². The van der Waals surface area contributed by atoms with Gasteiger partial charge in [0.05, 0.1) is 30.4 Å². The van der Waals surface area contributed by atoms with Crippen molar-refractivity contribution in [2.75, 3.05) is 14.2 Å². The molecule has 4 aromatic rings. The number of pyridine rings is 1. The molecule has 0 spiro atoms. The zero-order chi connectivity index (χ0) is 26.7. The molecule has 194 valence electrons. The highest BCUT2D eigenvalue weighted by atomic mass is 32.2. The predicted octanol–water partition coefficient (Wildman–Crippen LogP) is 3.57. The van der Waals surface area contributed by atoms with Crippen LogP contribution in [0.5, 0.6) is 5.75 Å². The van der Waals surface area contributed by atoms with E-state index in [9.17, 15) is 12.8 Å². The third kappa shape index (κ3) is 5.35. The highest BCUT2D eigenvalue weighted by molar-refractivity contribution is 7.91. The molecule has 1 aromatic carbocycles. The van der Waals surface area contributed by atoms with E-state index >= 15 is 0 Å². The summed E-state index contributed by atoms with van der Waals surface area (Å²) >= 11 is 0. The Bertz CT molecular complexity index is 1510. The third-order valence-electron chi connectivity index (χ3n) is 5.98. The summed E-state index contributed by atoms with van der Waals surface area (Å²) in [6, 6.07) is 7.42. The lowest BCUT2D eigenvalue weighted by Gasteiger charge is -2.22. The number of hydrogen-bond donors (Lipinski definition) is 0. The van der Waals surface area contributed by atoms with E-state index in [2.05, 4.69) is 25.1 Å². The predicted molar refractivity (Wildman–Crippen MR) is 134 cm³/mol. The molecule has 0 fully saturated rings. The number of aryl methyl sites for hydroxylation is 2. The van der Waals surface area contributed by atoms with Gasteiger partial charge in [0, 0.05) is 25.1 Å². The number of hydrogen-bond acceptors (Lipinski definition) is 9. The van der Waals surface area contributed by atoms with E-state index in [0.29, 0.717) is 22.8 Å². The van der Waals surface area contributed by atoms with Crippen molar-refractivity contribution in [1.29, 1.82) is 0 Å². The Morgan fingerprint density at radius 3 is 2.43 bits per heavy atom. The maximum Gasteiger partial charge on any atom is 0.170 e. The molecule has 0 saturated heterocycles. The second kappa shape index (κ2) is 10.7. The second-order valence-corrected chi connectivity index (χ2v) is 10.9. The molecule has 0 unspecified atom stereocenters. The van der Waals surface area contributed by atoms with E-state index in [-0.39, 0.29) is 11.6 Å². The molecule has 3 aromatic heterocycles. The largest absolute Gasteiger partial charge is 0.495 e. The van der Waals surface area contributed by atoms with Crippen LogP contribution in [0.4, 0.5) is 4.39 Å². The van der Waals surface area contributed by atoms with Gasteiger partial charge < -0.3 is 9.47 Å². The van der Waals surface area contributed by atoms with Crippen LogP contribution in [0.15, 0.2) is 49.1 Å². The number of ether oxygens (including phenoxy) is 2. The molecule has 37 heavy (non-hydrogen) atoms. The third-order valence-corrected chi connectivity index (χ3v) is 8.02. The van der Waals surface area contributed by atoms with Gasteiger partial charge >= 0.3 is 0 Å². The second-order valence-electron chi connectivity index (χ2n) is 8.58. The van der Waals surface area contributed by atoms with E-state index < -0.39 is 32.8 Å². The molecule has 3 heterocycles. The SMILES string of the molecule is COc1cccc(C)c1-n1c(CS(=O)(=O)[C@H](C)[C@@H](OC)c2ncc(F)cn2)nnc1-c1cncc(C)c1. The first-order valence-corrected chi connectivity index (χ1v) is 13.1. The number of para-hydroxylation sites is 1. The number of methoxy groups -OCH3 is 2. The highest BCUT2D eigenvalue weighted by Gasteiger charge is 2.35. The number of sulfone groups is 1. The molecule has 0 amide bonds. The van der Waals surface area contributed by atoms with Gasteiger partial charge in [0.15, 0.2) is 33.1 Å². The van der Waals surface area contributed by atoms with Gasteiger partial charge in [-0.05, 0) is 44.0 Å². The lowest BCUT2D eigenvalue weighted by atomic mass is 10.1. The van der Waals surface area contributed by atoms with Crippen LogP contribution in [0.2, 0.25) is 0 Å². The van der Waals surface area contributed by atoms with E-state index in [1.165, 1.54) is 14.0 Å². The van der Waals surface area contributed by atoms with Gasteiger partial charge in [-0.3, -0.25) is 9.55 Å². The Labute approximate surface area is 214 Å². The van der Waals surface area contributed by atoms with E-state index in [0.717, 1.165) is 23.5 Å². The summed E-state index contributed by atoms with van der Waals surface area (Å²) in [5.74, 6) is 0.112. The summed E-state index contributed by atoms with van der Waals surface area (Å²) in [5.41, 5.74) is 3.04. The zero-order valence-corrected chi connectivity index (χ0v) is 21.9. The number of benzene rings is 1. The van der Waals surface area contributed by atoms with Crippen molar-refractivity contribution >= 4 is 9.84 Å². The molecule has 2 atom stereocenters. The molecule has 0 aliphatic heterocycles. The number of aromatic nitrogens is 6. The summed E-state index contributed by atoms with van der Waals surface area (Å²) in [6.07, 6.45) is 4.28. The van der Waals surface area contributed by atoms with Crippen molar-refractivity contribution in [2.24, 2.45) is 0 Å². The van der Waals surface area contributed by atoms with Gasteiger partial charge in [-0.1, -0.05) is 12.1 Å². The Balaban J connectivity index is 1.82. The molecule has 0 bridgehead atoms. The average molecular weight is 527 g/mol. The summed E-state index contributed by atoms with van der Waals surface area (Å²) in [7, 11) is -1.00. The van der Waals surface area contributed by atoms with E-state index in [1.54, 1.807) is 30.1 Å². The zero-order valence-electron chi connectivity index (χ0n) is 21.1. The summed E-state index contributed by atoms with van der Waals surface area (Å²) < 4.78 is 53.3. The van der Waals surface area contributed by atoms with Gasteiger partial charge in [0.2, 0.25) is 0 Å². The van der Waals surface area contributed by atoms with Crippen LogP contribution in [0, 0.1) is 19.7 Å². The monoisotopic (exact) mass is 526 g/mol. The lowest BCUT2D eigenvalue weighted by Crippen LogP contribution is -2.30. The minimum Gasteiger partial charge on any atom is -0.495 e. The molecule has 10 nitrogen and oxygen atoms in total. The minimum atomic E-state index is -3.90. The topological polar surface area (TPSA) is 122 Å². The van der Waals surface area contributed by atoms with Crippen molar-refractivity contribution in [3.63, 3.8) is 0 Å². The van der Waals surface area contributed by atoms with Crippen molar-refractivity contribution in [3.05, 3.63) is 77.6 Å². The summed E-state index contributed by atoms with van der Waals surface area (Å²) in [4.78, 5) is 12.1. The van der Waals surface area contributed by atoms with Crippen LogP contribution in [-0.2, 0) is 20.3 Å². The van der Waals surface area contributed by atoms with Crippen LogP contribution in [0.1, 0.15) is 35.8 Å². The van der Waals surface area contributed by atoms with Gasteiger partial charge in [-0.2, -0.15) is 0 Å². The summed E-state index contributed by atoms with van der Waals surface area (Å²) in [5, 5.41) is 7.56. The molecule has 4 rings (SSSR count). The quantitative estimate of drug-likeness (QED) is 0.322. The molecule has 12 heteroatoms. The van der Waals surface area contributed by atoms with Crippen LogP contribution in [0.25, 0.3) is 17.1 Å². The maximum absolute atomic E-state index is 13.6. The van der Waals surface area contributed by atoms with Gasteiger partial charge in [-0.25, -0.2) is 22.8 Å². The van der Waals surface area contributed by atoms with Gasteiger partial charge in [0.25, 0.3) is 0 Å². The molecule has 0 aliphatic carbocycles. The van der Waals surface area contributed by atoms with Crippen molar-refractivity contribution in [1.82, 2.24) is 29.7 Å². The maximum atomic E-state index is 13.6. The van der Waals surface area contributed by atoms with Crippen LogP contribution in [0.3, 0.4) is 0 Å². The molecule has 0 N–H and O–H groups in total. The average Bonchev–Trinajstić information content (AvgIpc) is 3.27. The van der Waals surface area contributed by atoms with E-state index in [4.69, 9.17) is 9.47 Å². The fraction of sp³-hybridized carbons (Fsp3) is 0.320. The fourth-order valence-corrected chi connectivity index (χ4v) is 5.49. The standard InChI is InChI=1S/C25H27FN6O4S/c1-15-9-18(11-27-10-15)25-31-30-21(32(25)22-16(2)7-6-8-20(22)35-4)14-37(33,34)17(3)23(36-5)24-28-12-19(26)13-29-24/h6-13,17,23H,14H2,1-5H3/t17-,23-/m1/s1. The molecular weight excluding hydrogens is 499 g/mol. The molecule has 0 aliphatic rings. The Kier molecular flexibility index (Phi) is 7.60. The normalized spacial score (nSPS) is 13.4. The van der Waals surface area contributed by atoms with Crippen LogP contribution >= 0.6 is 0 Å². The van der Waals surface area contributed by atoms with Crippen molar-refractivity contribution in [3.8, 4) is 22.8 Å². The fourth-order valence-electron chi connectivity index (χ4n) is 4.07. The smallest absolute Gasteiger partial charge is 0.170 e. The molecule has 0 saturated carbocycles. The van der Waals surface area contributed by atoms with Crippen LogP contribution in [-0.4, -0.2) is 57.6 Å². The van der Waals surface area contributed by atoms with Crippen LogP contribution < -0.4 is 4.74 Å². The Morgan fingerprint density at radius 2 is 1.78 bits per heavy atom. The van der Waals surface area contributed by atoms with E-state index in [1.807, 2.05) is 32.0 Å². The molecule has 0 radical (unpaired) electrons. The number of halogens is 1.